The Labute approximate surface area is 119 Å². The topological polar surface area (TPSA) is 72.2 Å². The molecule has 0 aromatic heterocycles. The van der Waals surface area contributed by atoms with Crippen molar-refractivity contribution in [1.82, 2.24) is 4.72 Å². The molecule has 0 saturated heterocycles. The van der Waals surface area contributed by atoms with Gasteiger partial charge in [-0.1, -0.05) is 43.4 Å². The summed E-state index contributed by atoms with van der Waals surface area (Å²) in [6.45, 7) is 2.18. The molecule has 0 radical (unpaired) electrons. The maximum atomic E-state index is 12.1. The van der Waals surface area contributed by atoms with Crippen LogP contribution in [0, 0.1) is 0 Å². The summed E-state index contributed by atoms with van der Waals surface area (Å²) in [4.78, 5) is 0.0315. The Morgan fingerprint density at radius 2 is 2.21 bits per heavy atom. The van der Waals surface area contributed by atoms with Crippen molar-refractivity contribution in [3.63, 3.8) is 0 Å². The molecule has 0 fully saturated rings. The van der Waals surface area contributed by atoms with Gasteiger partial charge in [0.15, 0.2) is 0 Å². The van der Waals surface area contributed by atoms with Crippen LogP contribution in [0.1, 0.15) is 30.4 Å². The zero-order valence-corrected chi connectivity index (χ0v) is 12.4. The highest BCUT2D eigenvalue weighted by molar-refractivity contribution is 7.93. The van der Waals surface area contributed by atoms with Gasteiger partial charge in [0.1, 0.15) is 5.25 Å². The summed E-state index contributed by atoms with van der Waals surface area (Å²) < 4.78 is 26.8. The lowest BCUT2D eigenvalue weighted by atomic mass is 9.78. The van der Waals surface area contributed by atoms with E-state index in [2.05, 4.69) is 10.8 Å². The van der Waals surface area contributed by atoms with Crippen LogP contribution in [0.2, 0.25) is 0 Å². The predicted molar refractivity (Wildman–Crippen MR) is 80.7 cm³/mol. The first-order valence-electron chi connectivity index (χ1n) is 6.31. The van der Waals surface area contributed by atoms with Crippen molar-refractivity contribution in [2.75, 3.05) is 6.54 Å². The van der Waals surface area contributed by atoms with Crippen molar-refractivity contribution in [3.05, 3.63) is 35.4 Å². The predicted octanol–water partition coefficient (Wildman–Crippen LogP) is 1.31. The normalized spacial score (nSPS) is 19.3. The average Bonchev–Trinajstić information content (AvgIpc) is 2.30. The zero-order valence-electron chi connectivity index (χ0n) is 10.8. The van der Waals surface area contributed by atoms with Crippen LogP contribution < -0.4 is 10.5 Å². The third-order valence-electron chi connectivity index (χ3n) is 3.55. The number of rotatable bonds is 6. The van der Waals surface area contributed by atoms with Gasteiger partial charge in [0.2, 0.25) is 10.0 Å². The lowest BCUT2D eigenvalue weighted by Gasteiger charge is -2.30. The third-order valence-corrected chi connectivity index (χ3v) is 5.89. The summed E-state index contributed by atoms with van der Waals surface area (Å²) in [5, 5.41) is -0.780. The smallest absolute Gasteiger partial charge is 0.221 e. The van der Waals surface area contributed by atoms with E-state index in [9.17, 15) is 8.42 Å². The molecule has 0 bridgehead atoms. The van der Waals surface area contributed by atoms with Gasteiger partial charge in [-0.15, -0.1) is 0 Å². The molecule has 1 aromatic rings. The number of sulfonamides is 1. The lowest BCUT2D eigenvalue weighted by Crippen LogP contribution is -2.43. The number of benzene rings is 1. The fourth-order valence-corrected chi connectivity index (χ4v) is 4.36. The highest BCUT2D eigenvalue weighted by Gasteiger charge is 2.30. The minimum absolute atomic E-state index is 0.0315. The standard InChI is InChI=1S/C13H18N2O2S2/c1-2-12(13(14)18)19(16,17)15-8-10-7-9-5-3-4-6-11(9)10/h3-6,10,12,15H,2,7-8H2,1H3,(H2,14,18). The molecular weight excluding hydrogens is 280 g/mol. The minimum atomic E-state index is -3.46. The SMILES string of the molecule is CCC(C(N)=S)S(=O)(=O)NCC1Cc2ccccc21. The maximum Gasteiger partial charge on any atom is 0.221 e. The van der Waals surface area contributed by atoms with Crippen LogP contribution in [0.25, 0.3) is 0 Å². The van der Waals surface area contributed by atoms with E-state index < -0.39 is 15.3 Å². The van der Waals surface area contributed by atoms with E-state index in [1.807, 2.05) is 18.2 Å². The molecule has 2 atom stereocenters. The van der Waals surface area contributed by atoms with Crippen LogP contribution in [0.15, 0.2) is 24.3 Å². The van der Waals surface area contributed by atoms with E-state index in [1.54, 1.807) is 6.92 Å². The summed E-state index contributed by atoms with van der Waals surface area (Å²) in [7, 11) is -3.46. The molecule has 0 amide bonds. The Morgan fingerprint density at radius 3 is 2.79 bits per heavy atom. The lowest BCUT2D eigenvalue weighted by molar-refractivity contribution is 0.547. The Kier molecular flexibility index (Phi) is 4.23. The summed E-state index contributed by atoms with van der Waals surface area (Å²) in [6.07, 6.45) is 1.31. The quantitative estimate of drug-likeness (QED) is 0.777. The second kappa shape index (κ2) is 5.56. The number of hydrogen-bond acceptors (Lipinski definition) is 3. The molecule has 104 valence electrons. The summed E-state index contributed by atoms with van der Waals surface area (Å²) in [5.41, 5.74) is 8.00. The fraction of sp³-hybridized carbons (Fsp3) is 0.462. The third kappa shape index (κ3) is 2.96. The highest BCUT2D eigenvalue weighted by Crippen LogP contribution is 2.34. The van der Waals surface area contributed by atoms with Crippen LogP contribution in [0.5, 0.6) is 0 Å². The molecule has 0 spiro atoms. The number of nitrogens with one attached hydrogen (secondary N) is 1. The Hall–Kier alpha value is -0.980. The monoisotopic (exact) mass is 298 g/mol. The van der Waals surface area contributed by atoms with Gasteiger partial charge in [-0.25, -0.2) is 13.1 Å². The van der Waals surface area contributed by atoms with E-state index >= 15 is 0 Å². The molecule has 0 heterocycles. The molecule has 1 aliphatic rings. The first kappa shape index (κ1) is 14.4. The van der Waals surface area contributed by atoms with E-state index in [0.29, 0.717) is 13.0 Å². The van der Waals surface area contributed by atoms with Crippen molar-refractivity contribution in [2.24, 2.45) is 5.73 Å². The first-order valence-corrected chi connectivity index (χ1v) is 8.26. The average molecular weight is 298 g/mol. The molecule has 2 unspecified atom stereocenters. The number of fused-ring (bicyclic) bond motifs is 1. The van der Waals surface area contributed by atoms with Crippen LogP contribution >= 0.6 is 12.2 Å². The first-order chi connectivity index (χ1) is 8.95. The zero-order chi connectivity index (χ0) is 14.0. The highest BCUT2D eigenvalue weighted by atomic mass is 32.2. The van der Waals surface area contributed by atoms with Crippen LogP contribution in [0.3, 0.4) is 0 Å². The molecule has 1 aromatic carbocycles. The van der Waals surface area contributed by atoms with Crippen molar-refractivity contribution in [1.29, 1.82) is 0 Å². The number of thiocarbonyl (C=S) groups is 1. The Bertz CT molecular complexity index is 584. The van der Waals surface area contributed by atoms with Crippen molar-refractivity contribution in [3.8, 4) is 0 Å². The van der Waals surface area contributed by atoms with E-state index in [4.69, 9.17) is 18.0 Å². The van der Waals surface area contributed by atoms with Gasteiger partial charge in [0, 0.05) is 12.5 Å². The number of nitrogens with two attached hydrogens (primary N) is 1. The molecule has 3 N–H and O–H groups in total. The van der Waals surface area contributed by atoms with Gasteiger partial charge in [0.25, 0.3) is 0 Å². The van der Waals surface area contributed by atoms with Gasteiger partial charge in [-0.3, -0.25) is 0 Å². The van der Waals surface area contributed by atoms with E-state index in [1.165, 1.54) is 11.1 Å². The van der Waals surface area contributed by atoms with Crippen molar-refractivity contribution >= 4 is 27.2 Å². The molecule has 0 saturated carbocycles. The fourth-order valence-electron chi connectivity index (χ4n) is 2.44. The molecule has 6 heteroatoms. The second-order valence-corrected chi connectivity index (χ2v) is 7.21. The van der Waals surface area contributed by atoms with Crippen molar-refractivity contribution < 1.29 is 8.42 Å². The van der Waals surface area contributed by atoms with E-state index in [-0.39, 0.29) is 10.9 Å². The van der Waals surface area contributed by atoms with Gasteiger partial charge >= 0.3 is 0 Å². The molecule has 0 aliphatic heterocycles. The summed E-state index contributed by atoms with van der Waals surface area (Å²) in [5.74, 6) is 0.259. The van der Waals surface area contributed by atoms with Gasteiger partial charge < -0.3 is 5.73 Å². The molecule has 2 rings (SSSR count). The van der Waals surface area contributed by atoms with Crippen LogP contribution in [-0.2, 0) is 16.4 Å². The Balaban J connectivity index is 1.99. The van der Waals surface area contributed by atoms with Gasteiger partial charge in [0.05, 0.1) is 4.99 Å². The van der Waals surface area contributed by atoms with Gasteiger partial charge in [-0.2, -0.15) is 0 Å². The van der Waals surface area contributed by atoms with Gasteiger partial charge in [-0.05, 0) is 24.0 Å². The number of hydrogen-bond donors (Lipinski definition) is 2. The largest absolute Gasteiger partial charge is 0.392 e. The molecule has 4 nitrogen and oxygen atoms in total. The Morgan fingerprint density at radius 1 is 1.53 bits per heavy atom. The minimum Gasteiger partial charge on any atom is -0.392 e. The summed E-state index contributed by atoms with van der Waals surface area (Å²) in [6, 6.07) is 8.09. The molecular formula is C13H18N2O2S2. The molecule has 19 heavy (non-hydrogen) atoms. The van der Waals surface area contributed by atoms with Crippen molar-refractivity contribution in [2.45, 2.75) is 30.9 Å². The van der Waals surface area contributed by atoms with Crippen LogP contribution in [-0.4, -0.2) is 25.2 Å². The maximum absolute atomic E-state index is 12.1. The van der Waals surface area contributed by atoms with Crippen LogP contribution in [0.4, 0.5) is 0 Å². The van der Waals surface area contributed by atoms with E-state index in [0.717, 1.165) is 6.42 Å². The second-order valence-electron chi connectivity index (χ2n) is 4.79. The molecule has 1 aliphatic carbocycles. The summed E-state index contributed by atoms with van der Waals surface area (Å²) >= 11 is 4.81.